The Labute approximate surface area is 239 Å². The molecule has 2 saturated heterocycles. The fourth-order valence-electron chi connectivity index (χ4n) is 4.62. The Kier molecular flexibility index (Phi) is 9.80. The summed E-state index contributed by atoms with van der Waals surface area (Å²) in [5, 5.41) is 4.49. The predicted octanol–water partition coefficient (Wildman–Crippen LogP) is 2.35. The molecule has 11 nitrogen and oxygen atoms in total. The van der Waals surface area contributed by atoms with Crippen LogP contribution in [0.4, 0.5) is 5.69 Å². The van der Waals surface area contributed by atoms with Gasteiger partial charge in [0, 0.05) is 32.6 Å². The van der Waals surface area contributed by atoms with Gasteiger partial charge in [0.1, 0.15) is 6.04 Å². The minimum Gasteiger partial charge on any atom is -0.315 e. The number of anilines is 1. The van der Waals surface area contributed by atoms with Gasteiger partial charge in [-0.05, 0) is 36.6 Å². The zero-order valence-corrected chi connectivity index (χ0v) is 23.1. The molecular formula is C28H32BrN5O6. The van der Waals surface area contributed by atoms with Crippen LogP contribution in [0.15, 0.2) is 53.3 Å². The molecule has 3 aliphatic heterocycles. The van der Waals surface area contributed by atoms with Crippen molar-refractivity contribution in [2.45, 2.75) is 50.4 Å². The summed E-state index contributed by atoms with van der Waals surface area (Å²) in [7, 11) is 3.49. The van der Waals surface area contributed by atoms with E-state index in [-0.39, 0.29) is 48.0 Å². The molecule has 0 aliphatic carbocycles. The highest BCUT2D eigenvalue weighted by molar-refractivity contribution is 9.10. The molecular weight excluding hydrogens is 582 g/mol. The number of carbonyl (C=O) groups is 5. The number of aryl methyl sites for hydroxylation is 1. The van der Waals surface area contributed by atoms with Crippen molar-refractivity contribution in [3.05, 3.63) is 64.6 Å². The van der Waals surface area contributed by atoms with Crippen LogP contribution in [0.5, 0.6) is 0 Å². The van der Waals surface area contributed by atoms with Crippen molar-refractivity contribution >= 4 is 62.2 Å². The monoisotopic (exact) mass is 613 g/mol. The topological polar surface area (TPSA) is 140 Å². The van der Waals surface area contributed by atoms with Crippen molar-refractivity contribution in [2.75, 3.05) is 11.9 Å². The fraction of sp³-hybridized carbons (Fsp3) is 0.357. The van der Waals surface area contributed by atoms with E-state index in [4.69, 9.17) is 0 Å². The summed E-state index contributed by atoms with van der Waals surface area (Å²) in [5.41, 5.74) is 3.44. The Morgan fingerprint density at radius 1 is 0.775 bits per heavy atom. The predicted molar refractivity (Wildman–Crippen MR) is 154 cm³/mol. The molecule has 0 spiro atoms. The Morgan fingerprint density at radius 3 is 1.95 bits per heavy atom. The number of amides is 5. The number of likely N-dealkylation sites (N-methyl/N-ethyl adjacent to an activating group) is 1. The van der Waals surface area contributed by atoms with Crippen LogP contribution < -0.4 is 21.2 Å². The summed E-state index contributed by atoms with van der Waals surface area (Å²) in [4.78, 5) is 69.1. The molecule has 212 valence electrons. The highest BCUT2D eigenvalue weighted by Crippen LogP contribution is 2.26. The zero-order chi connectivity index (χ0) is 28.3. The van der Waals surface area contributed by atoms with Gasteiger partial charge in [-0.15, -0.1) is 0 Å². The van der Waals surface area contributed by atoms with Crippen molar-refractivity contribution in [3.63, 3.8) is 0 Å². The molecule has 0 saturated carbocycles. The minimum atomic E-state index is -0.615. The minimum absolute atomic E-state index is 0. The van der Waals surface area contributed by atoms with Gasteiger partial charge in [-0.25, -0.2) is 4.79 Å². The molecule has 40 heavy (non-hydrogen) atoms. The lowest BCUT2D eigenvalue weighted by Crippen LogP contribution is -2.44. The lowest BCUT2D eigenvalue weighted by molar-refractivity contribution is -0.136. The van der Waals surface area contributed by atoms with Gasteiger partial charge in [-0.2, -0.15) is 0 Å². The fourth-order valence-corrected chi connectivity index (χ4v) is 4.96. The van der Waals surface area contributed by atoms with E-state index in [0.717, 1.165) is 16.8 Å². The standard InChI is InChI=1S/C13H13N3O3.C9H9NO.C5H6BrNO2.CH4/c1-15-8-4-2-3-5-9(8)16(13(15)19)10-6-7-11(17)14-12(10)18;1-10-8-5-3-2-4-7(8)6-9(10)11;6-3-1-2-4(8)7-5(3)9;/h2-5,10H,6-7H2,1H3,(H,14,17,18);2-5H,6H2,1H3;3H,1-2H2,(H,7,8,9);1H4. The van der Waals surface area contributed by atoms with Gasteiger partial charge in [0.25, 0.3) is 0 Å². The van der Waals surface area contributed by atoms with Gasteiger partial charge in [-0.1, -0.05) is 53.7 Å². The Bertz CT molecular complexity index is 1530. The lowest BCUT2D eigenvalue weighted by Gasteiger charge is -2.21. The maximum absolute atomic E-state index is 12.3. The molecule has 2 atom stereocenters. The average Bonchev–Trinajstić information content (AvgIpc) is 3.35. The number of halogens is 1. The number of alkyl halides is 1. The van der Waals surface area contributed by atoms with Gasteiger partial charge < -0.3 is 4.90 Å². The molecule has 12 heteroatoms. The Morgan fingerprint density at radius 2 is 1.35 bits per heavy atom. The molecule has 2 unspecified atom stereocenters. The normalized spacial score (nSPS) is 19.9. The van der Waals surface area contributed by atoms with E-state index in [1.165, 1.54) is 9.13 Å². The maximum atomic E-state index is 12.3. The zero-order valence-electron chi connectivity index (χ0n) is 21.5. The second kappa shape index (κ2) is 12.9. The Balaban J connectivity index is 0.000000179. The number of rotatable bonds is 1. The summed E-state index contributed by atoms with van der Waals surface area (Å²) in [6, 6.07) is 14.6. The number of imidazole rings is 1. The van der Waals surface area contributed by atoms with Crippen molar-refractivity contribution in [1.29, 1.82) is 0 Å². The van der Waals surface area contributed by atoms with Gasteiger partial charge in [0.05, 0.1) is 22.3 Å². The number of para-hydroxylation sites is 3. The highest BCUT2D eigenvalue weighted by atomic mass is 79.9. The third-order valence-corrected chi connectivity index (χ3v) is 7.63. The number of imide groups is 2. The SMILES string of the molecule is C.CN1C(=O)Cc2ccccc21.Cn1c(=O)n(C2CCC(=O)NC2=O)c2ccccc21.O=C1CCC(Br)C(=O)N1. The van der Waals surface area contributed by atoms with E-state index >= 15 is 0 Å². The lowest BCUT2D eigenvalue weighted by atomic mass is 10.1. The van der Waals surface area contributed by atoms with Crippen LogP contribution in [0.3, 0.4) is 0 Å². The maximum Gasteiger partial charge on any atom is 0.329 e. The summed E-state index contributed by atoms with van der Waals surface area (Å²) < 4.78 is 2.98. The summed E-state index contributed by atoms with van der Waals surface area (Å²) in [6.07, 6.45) is 2.24. The molecule has 3 aromatic rings. The first-order valence-corrected chi connectivity index (χ1v) is 13.3. The molecule has 4 heterocycles. The van der Waals surface area contributed by atoms with Crippen LogP contribution in [0.2, 0.25) is 0 Å². The molecule has 0 radical (unpaired) electrons. The number of fused-ring (bicyclic) bond motifs is 2. The molecule has 2 N–H and O–H groups in total. The molecule has 5 amide bonds. The first-order chi connectivity index (χ1) is 18.6. The van der Waals surface area contributed by atoms with Crippen LogP contribution >= 0.6 is 15.9 Å². The summed E-state index contributed by atoms with van der Waals surface area (Å²) >= 11 is 3.12. The number of nitrogens with one attached hydrogen (secondary N) is 2. The van der Waals surface area contributed by atoms with Crippen molar-refractivity contribution in [3.8, 4) is 0 Å². The van der Waals surface area contributed by atoms with Gasteiger partial charge in [-0.3, -0.25) is 43.7 Å². The number of carbonyl (C=O) groups excluding carboxylic acids is 5. The Hall–Kier alpha value is -4.06. The first-order valence-electron chi connectivity index (χ1n) is 12.4. The molecule has 0 bridgehead atoms. The summed E-state index contributed by atoms with van der Waals surface area (Å²) in [5.74, 6) is -0.891. The van der Waals surface area contributed by atoms with Crippen molar-refractivity contribution in [1.82, 2.24) is 19.8 Å². The summed E-state index contributed by atoms with van der Waals surface area (Å²) in [6.45, 7) is 0. The van der Waals surface area contributed by atoms with Gasteiger partial charge in [0.2, 0.25) is 29.5 Å². The van der Waals surface area contributed by atoms with E-state index in [1.807, 2.05) is 49.5 Å². The van der Waals surface area contributed by atoms with Gasteiger partial charge >= 0.3 is 5.69 Å². The van der Waals surface area contributed by atoms with Crippen LogP contribution in [-0.4, -0.2) is 50.5 Å². The van der Waals surface area contributed by atoms with Crippen LogP contribution in [0.25, 0.3) is 11.0 Å². The van der Waals surface area contributed by atoms with E-state index in [2.05, 4.69) is 26.6 Å². The second-order valence-corrected chi connectivity index (χ2v) is 10.4. The van der Waals surface area contributed by atoms with E-state index < -0.39 is 11.9 Å². The second-order valence-electron chi connectivity index (χ2n) is 9.34. The number of hydrogen-bond acceptors (Lipinski definition) is 6. The molecule has 3 aliphatic rings. The van der Waals surface area contributed by atoms with Crippen molar-refractivity contribution in [2.24, 2.45) is 7.05 Å². The first kappa shape index (κ1) is 30.5. The molecule has 2 fully saturated rings. The smallest absolute Gasteiger partial charge is 0.315 e. The number of piperidine rings is 2. The van der Waals surface area contributed by atoms with Crippen molar-refractivity contribution < 1.29 is 24.0 Å². The van der Waals surface area contributed by atoms with Crippen LogP contribution in [0, 0.1) is 0 Å². The van der Waals surface area contributed by atoms with E-state index in [1.54, 1.807) is 18.0 Å². The number of aromatic nitrogens is 2. The van der Waals surface area contributed by atoms with Gasteiger partial charge in [0.15, 0.2) is 0 Å². The third-order valence-electron chi connectivity index (χ3n) is 6.76. The molecule has 2 aromatic carbocycles. The molecule has 1 aromatic heterocycles. The quantitative estimate of drug-likeness (QED) is 0.319. The number of nitrogens with zero attached hydrogens (tertiary/aromatic N) is 3. The van der Waals surface area contributed by atoms with Crippen LogP contribution in [0.1, 0.15) is 44.7 Å². The largest absolute Gasteiger partial charge is 0.329 e. The van der Waals surface area contributed by atoms with Crippen LogP contribution in [-0.2, 0) is 37.4 Å². The highest BCUT2D eigenvalue weighted by Gasteiger charge is 2.31. The number of benzene rings is 2. The molecule has 6 rings (SSSR count). The average molecular weight is 614 g/mol. The van der Waals surface area contributed by atoms with E-state index in [9.17, 15) is 28.8 Å². The number of hydrogen-bond donors (Lipinski definition) is 2. The third kappa shape index (κ3) is 6.39. The van der Waals surface area contributed by atoms with E-state index in [0.29, 0.717) is 31.2 Å².